The summed E-state index contributed by atoms with van der Waals surface area (Å²) in [5.74, 6) is -0.0980. The molecule has 1 rings (SSSR count). The van der Waals surface area contributed by atoms with Crippen molar-refractivity contribution in [1.82, 2.24) is 0 Å². The summed E-state index contributed by atoms with van der Waals surface area (Å²) >= 11 is 2.94. The van der Waals surface area contributed by atoms with Crippen molar-refractivity contribution in [2.75, 3.05) is 26.2 Å². The van der Waals surface area contributed by atoms with Crippen molar-refractivity contribution in [1.29, 1.82) is 0 Å². The van der Waals surface area contributed by atoms with E-state index in [1.54, 1.807) is 0 Å². The number of ether oxygens (including phenoxy) is 3. The summed E-state index contributed by atoms with van der Waals surface area (Å²) < 4.78 is 54.0. The normalized spacial score (nSPS) is 12.8. The summed E-state index contributed by atoms with van der Waals surface area (Å²) in [6.07, 6.45) is -7.25. The van der Waals surface area contributed by atoms with Crippen LogP contribution in [0, 0.1) is 10.1 Å². The van der Waals surface area contributed by atoms with E-state index in [0.29, 0.717) is 0 Å². The highest BCUT2D eigenvalue weighted by Gasteiger charge is 2.45. The lowest BCUT2D eigenvalue weighted by Crippen LogP contribution is -2.25. The number of hydrogen-bond donors (Lipinski definition) is 0. The smallest absolute Gasteiger partial charge is 0.419 e. The fourth-order valence-electron chi connectivity index (χ4n) is 1.78. The SMILES string of the molecule is COc1cc(C(OCCBr)C(F)(F)F)c([N+](=O)[O-])cc1OC. The average Bonchev–Trinajstić information content (AvgIpc) is 2.45. The van der Waals surface area contributed by atoms with Gasteiger partial charge in [-0.3, -0.25) is 10.1 Å². The van der Waals surface area contributed by atoms with Crippen LogP contribution in [0.2, 0.25) is 0 Å². The molecule has 1 aromatic carbocycles. The van der Waals surface area contributed by atoms with Crippen molar-refractivity contribution in [3.63, 3.8) is 0 Å². The van der Waals surface area contributed by atoms with Gasteiger partial charge in [-0.2, -0.15) is 13.2 Å². The molecule has 0 saturated heterocycles. The summed E-state index contributed by atoms with van der Waals surface area (Å²) in [7, 11) is 2.44. The molecule has 0 aromatic heterocycles. The van der Waals surface area contributed by atoms with Crippen LogP contribution in [0.3, 0.4) is 0 Å². The molecule has 0 saturated carbocycles. The van der Waals surface area contributed by atoms with E-state index >= 15 is 0 Å². The lowest BCUT2D eigenvalue weighted by atomic mass is 10.1. The van der Waals surface area contributed by atoms with E-state index in [0.717, 1.165) is 12.1 Å². The molecule has 0 aliphatic carbocycles. The molecule has 22 heavy (non-hydrogen) atoms. The van der Waals surface area contributed by atoms with Crippen LogP contribution in [0.25, 0.3) is 0 Å². The second kappa shape index (κ2) is 7.63. The number of nitrogens with zero attached hydrogens (tertiary/aromatic N) is 1. The van der Waals surface area contributed by atoms with Gasteiger partial charge < -0.3 is 14.2 Å². The van der Waals surface area contributed by atoms with Gasteiger partial charge in [0, 0.05) is 5.33 Å². The van der Waals surface area contributed by atoms with E-state index in [4.69, 9.17) is 14.2 Å². The molecule has 0 fully saturated rings. The first-order valence-electron chi connectivity index (χ1n) is 5.90. The number of methoxy groups -OCH3 is 2. The monoisotopic (exact) mass is 387 g/mol. The minimum atomic E-state index is -4.81. The predicted octanol–water partition coefficient (Wildman–Crippen LogP) is 3.63. The Hall–Kier alpha value is -1.55. The maximum Gasteiger partial charge on any atom is 0.419 e. The number of halogens is 4. The van der Waals surface area contributed by atoms with Crippen molar-refractivity contribution in [2.24, 2.45) is 0 Å². The lowest BCUT2D eigenvalue weighted by Gasteiger charge is -2.21. The molecular weight excluding hydrogens is 375 g/mol. The van der Waals surface area contributed by atoms with Gasteiger partial charge in [-0.05, 0) is 6.07 Å². The van der Waals surface area contributed by atoms with Crippen LogP contribution < -0.4 is 9.47 Å². The molecule has 0 N–H and O–H groups in total. The Morgan fingerprint density at radius 1 is 1.27 bits per heavy atom. The third-order valence-electron chi connectivity index (χ3n) is 2.67. The van der Waals surface area contributed by atoms with Crippen LogP contribution in [-0.2, 0) is 4.74 Å². The van der Waals surface area contributed by atoms with E-state index in [1.165, 1.54) is 14.2 Å². The molecule has 0 aliphatic rings. The van der Waals surface area contributed by atoms with E-state index in [9.17, 15) is 23.3 Å². The molecule has 0 bridgehead atoms. The summed E-state index contributed by atoms with van der Waals surface area (Å²) in [4.78, 5) is 10.1. The van der Waals surface area contributed by atoms with Crippen molar-refractivity contribution < 1.29 is 32.3 Å². The third kappa shape index (κ3) is 4.23. The van der Waals surface area contributed by atoms with Crippen LogP contribution in [0.5, 0.6) is 11.5 Å². The molecule has 124 valence electrons. The fraction of sp³-hybridized carbons (Fsp3) is 0.500. The van der Waals surface area contributed by atoms with Gasteiger partial charge in [-0.1, -0.05) is 15.9 Å². The van der Waals surface area contributed by atoms with Crippen LogP contribution in [-0.4, -0.2) is 37.3 Å². The summed E-state index contributed by atoms with van der Waals surface area (Å²) in [5, 5.41) is 11.2. The summed E-state index contributed by atoms with van der Waals surface area (Å²) in [5.41, 5.74) is -1.40. The van der Waals surface area contributed by atoms with Crippen molar-refractivity contribution in [2.45, 2.75) is 12.3 Å². The Morgan fingerprint density at radius 3 is 2.23 bits per heavy atom. The Kier molecular flexibility index (Phi) is 6.42. The number of nitro benzene ring substituents is 1. The van der Waals surface area contributed by atoms with E-state index in [1.807, 2.05) is 0 Å². The highest BCUT2D eigenvalue weighted by Crippen LogP contribution is 2.44. The van der Waals surface area contributed by atoms with Gasteiger partial charge in [0.2, 0.25) is 0 Å². The van der Waals surface area contributed by atoms with E-state index < -0.39 is 28.5 Å². The molecule has 0 amide bonds. The largest absolute Gasteiger partial charge is 0.493 e. The fourth-order valence-corrected chi connectivity index (χ4v) is 1.96. The standard InChI is InChI=1S/C12H13BrF3NO5/c1-20-9-5-7(8(17(18)19)6-10(9)21-2)11(12(14,15)16)22-4-3-13/h5-6,11H,3-4H2,1-2H3. The zero-order valence-electron chi connectivity index (χ0n) is 11.6. The number of rotatable bonds is 7. The molecule has 6 nitrogen and oxygen atoms in total. The first-order valence-corrected chi connectivity index (χ1v) is 7.03. The molecule has 0 aliphatic heterocycles. The third-order valence-corrected chi connectivity index (χ3v) is 2.99. The minimum Gasteiger partial charge on any atom is -0.493 e. The quantitative estimate of drug-likeness (QED) is 0.405. The van der Waals surface area contributed by atoms with E-state index in [2.05, 4.69) is 15.9 Å². The zero-order valence-corrected chi connectivity index (χ0v) is 13.2. The van der Waals surface area contributed by atoms with Gasteiger partial charge in [-0.15, -0.1) is 0 Å². The van der Waals surface area contributed by atoms with Crippen LogP contribution >= 0.6 is 15.9 Å². The average molecular weight is 388 g/mol. The van der Waals surface area contributed by atoms with Gasteiger partial charge in [0.25, 0.3) is 5.69 Å². The molecular formula is C12H13BrF3NO5. The second-order valence-corrected chi connectivity index (χ2v) is 4.80. The van der Waals surface area contributed by atoms with Gasteiger partial charge in [-0.25, -0.2) is 0 Å². The van der Waals surface area contributed by atoms with Gasteiger partial charge >= 0.3 is 6.18 Å². The number of hydrogen-bond acceptors (Lipinski definition) is 5. The zero-order chi connectivity index (χ0) is 16.9. The van der Waals surface area contributed by atoms with Gasteiger partial charge in [0.15, 0.2) is 17.6 Å². The Labute approximate surface area is 132 Å². The number of benzene rings is 1. The van der Waals surface area contributed by atoms with Crippen LogP contribution in [0.1, 0.15) is 11.7 Å². The van der Waals surface area contributed by atoms with Crippen molar-refractivity contribution in [3.05, 3.63) is 27.8 Å². The van der Waals surface area contributed by atoms with Crippen molar-refractivity contribution in [3.8, 4) is 11.5 Å². The maximum atomic E-state index is 13.2. The highest BCUT2D eigenvalue weighted by molar-refractivity contribution is 9.09. The highest BCUT2D eigenvalue weighted by atomic mass is 79.9. The number of alkyl halides is 4. The molecule has 10 heteroatoms. The first kappa shape index (κ1) is 18.5. The van der Waals surface area contributed by atoms with Crippen molar-refractivity contribution >= 4 is 21.6 Å². The molecule has 1 aromatic rings. The molecule has 0 spiro atoms. The Morgan fingerprint density at radius 2 is 1.82 bits per heavy atom. The topological polar surface area (TPSA) is 70.8 Å². The molecule has 0 radical (unpaired) electrons. The molecule has 1 atom stereocenters. The predicted molar refractivity (Wildman–Crippen MR) is 74.7 cm³/mol. The Bertz CT molecular complexity index is 538. The molecule has 0 heterocycles. The maximum absolute atomic E-state index is 13.2. The minimum absolute atomic E-state index is 0.0423. The van der Waals surface area contributed by atoms with Crippen LogP contribution in [0.15, 0.2) is 12.1 Å². The number of nitro groups is 1. The Balaban J connectivity index is 3.48. The van der Waals surface area contributed by atoms with Gasteiger partial charge in [0.05, 0.1) is 37.4 Å². The van der Waals surface area contributed by atoms with Crippen LogP contribution in [0.4, 0.5) is 18.9 Å². The lowest BCUT2D eigenvalue weighted by molar-refractivity contribution is -0.387. The second-order valence-electron chi connectivity index (χ2n) is 4.00. The summed E-state index contributed by atoms with van der Waals surface area (Å²) in [6, 6.07) is 1.79. The van der Waals surface area contributed by atoms with Gasteiger partial charge in [0.1, 0.15) is 0 Å². The first-order chi connectivity index (χ1) is 10.3. The summed E-state index contributed by atoms with van der Waals surface area (Å²) in [6.45, 7) is -0.268. The molecule has 1 unspecified atom stereocenters. The van der Waals surface area contributed by atoms with E-state index in [-0.39, 0.29) is 23.4 Å².